The molecule has 2 aliphatic heterocycles. The Morgan fingerprint density at radius 1 is 0.914 bits per heavy atom. The number of fused-ring (bicyclic) bond motifs is 1. The summed E-state index contributed by atoms with van der Waals surface area (Å²) in [7, 11) is 3.30. The van der Waals surface area contributed by atoms with Crippen LogP contribution in [0.1, 0.15) is 28.1 Å². The minimum atomic E-state index is 0. The normalized spacial score (nSPS) is 15.5. The lowest BCUT2D eigenvalue weighted by Crippen LogP contribution is -2.36. The molecular formula is C27H31ClN2O4S. The highest BCUT2D eigenvalue weighted by Gasteiger charge is 2.29. The van der Waals surface area contributed by atoms with Gasteiger partial charge in [0.25, 0.3) is 5.91 Å². The molecule has 0 saturated carbocycles. The van der Waals surface area contributed by atoms with Crippen molar-refractivity contribution in [3.05, 3.63) is 59.0 Å². The van der Waals surface area contributed by atoms with Crippen LogP contribution in [0.2, 0.25) is 0 Å². The Morgan fingerprint density at radius 2 is 1.69 bits per heavy atom. The molecule has 2 aromatic carbocycles. The lowest BCUT2D eigenvalue weighted by molar-refractivity contribution is 0.0985. The van der Waals surface area contributed by atoms with Gasteiger partial charge in [0.15, 0.2) is 11.5 Å². The van der Waals surface area contributed by atoms with E-state index in [-0.39, 0.29) is 18.3 Å². The van der Waals surface area contributed by atoms with Crippen molar-refractivity contribution < 1.29 is 19.0 Å². The van der Waals surface area contributed by atoms with Crippen LogP contribution < -0.4 is 19.1 Å². The van der Waals surface area contributed by atoms with Crippen molar-refractivity contribution in [2.75, 3.05) is 51.9 Å². The van der Waals surface area contributed by atoms with Crippen molar-refractivity contribution in [3.8, 4) is 27.7 Å². The van der Waals surface area contributed by atoms with Gasteiger partial charge in [0, 0.05) is 29.7 Å². The number of ether oxygens (including phenoxy) is 3. The van der Waals surface area contributed by atoms with E-state index in [0.717, 1.165) is 58.4 Å². The average molecular weight is 515 g/mol. The molecule has 0 spiro atoms. The van der Waals surface area contributed by atoms with Gasteiger partial charge in [0.2, 0.25) is 0 Å². The Balaban J connectivity index is 0.00000289. The molecule has 0 N–H and O–H groups in total. The van der Waals surface area contributed by atoms with E-state index >= 15 is 0 Å². The van der Waals surface area contributed by atoms with E-state index in [0.29, 0.717) is 24.7 Å². The largest absolute Gasteiger partial charge is 0.497 e. The summed E-state index contributed by atoms with van der Waals surface area (Å²) in [5, 5.41) is 0. The molecule has 0 atom stereocenters. The number of likely N-dealkylation sites (tertiary alicyclic amines) is 1. The Labute approximate surface area is 216 Å². The fraction of sp³-hybridized carbons (Fsp3) is 0.370. The third-order valence-corrected chi connectivity index (χ3v) is 7.76. The van der Waals surface area contributed by atoms with Crippen molar-refractivity contribution in [3.63, 3.8) is 0 Å². The van der Waals surface area contributed by atoms with Gasteiger partial charge < -0.3 is 19.1 Å². The number of hydrogen-bond donors (Lipinski definition) is 0. The van der Waals surface area contributed by atoms with E-state index < -0.39 is 0 Å². The number of amides is 1. The monoisotopic (exact) mass is 514 g/mol. The molecule has 1 saturated heterocycles. The fourth-order valence-corrected chi connectivity index (χ4v) is 5.79. The van der Waals surface area contributed by atoms with E-state index in [9.17, 15) is 4.79 Å². The molecular weight excluding hydrogens is 484 g/mol. The molecule has 0 unspecified atom stereocenters. The lowest BCUT2D eigenvalue weighted by Gasteiger charge is -2.27. The number of carbonyl (C=O) groups excluding carboxylic acids is 1. The van der Waals surface area contributed by atoms with E-state index in [4.69, 9.17) is 14.2 Å². The van der Waals surface area contributed by atoms with Crippen LogP contribution in [0.3, 0.4) is 0 Å². The number of anilines is 1. The SMILES string of the molecule is COc1ccc(-c2cc3c(s2)C(=O)N(c2ccc(OCCN4CCCC4)c(OC)c2)CC3)cc1.Cl. The number of benzene rings is 2. The number of halogens is 1. The molecule has 0 bridgehead atoms. The fourth-order valence-electron chi connectivity index (χ4n) is 4.63. The van der Waals surface area contributed by atoms with Crippen molar-refractivity contribution in [1.29, 1.82) is 0 Å². The Hall–Kier alpha value is -2.74. The van der Waals surface area contributed by atoms with Crippen LogP contribution in [0.4, 0.5) is 5.69 Å². The highest BCUT2D eigenvalue weighted by molar-refractivity contribution is 7.17. The summed E-state index contributed by atoms with van der Waals surface area (Å²) >= 11 is 1.55. The van der Waals surface area contributed by atoms with Crippen LogP contribution in [0, 0.1) is 0 Å². The van der Waals surface area contributed by atoms with Gasteiger partial charge in [-0.2, -0.15) is 0 Å². The zero-order chi connectivity index (χ0) is 23.5. The lowest BCUT2D eigenvalue weighted by atomic mass is 10.1. The van der Waals surface area contributed by atoms with Crippen molar-refractivity contribution >= 4 is 35.3 Å². The first-order valence-corrected chi connectivity index (χ1v) is 12.6. The second-order valence-corrected chi connectivity index (χ2v) is 9.68. The third kappa shape index (κ3) is 5.42. The summed E-state index contributed by atoms with van der Waals surface area (Å²) in [4.78, 5) is 19.6. The first-order chi connectivity index (χ1) is 16.7. The molecule has 3 aromatic rings. The third-order valence-electron chi connectivity index (χ3n) is 6.55. The van der Waals surface area contributed by atoms with E-state index in [2.05, 4.69) is 11.0 Å². The maximum absolute atomic E-state index is 13.4. The summed E-state index contributed by atoms with van der Waals surface area (Å²) in [6, 6.07) is 15.9. The molecule has 0 aliphatic carbocycles. The average Bonchev–Trinajstić information content (AvgIpc) is 3.55. The number of hydrogen-bond acceptors (Lipinski definition) is 6. The zero-order valence-corrected chi connectivity index (χ0v) is 21.8. The molecule has 8 heteroatoms. The quantitative estimate of drug-likeness (QED) is 0.395. The number of methoxy groups -OCH3 is 2. The summed E-state index contributed by atoms with van der Waals surface area (Å²) < 4.78 is 16.9. The maximum atomic E-state index is 13.4. The van der Waals surface area contributed by atoms with Crippen LogP contribution in [0.25, 0.3) is 10.4 Å². The molecule has 35 heavy (non-hydrogen) atoms. The summed E-state index contributed by atoms with van der Waals surface area (Å²) in [6.45, 7) is 4.50. The minimum Gasteiger partial charge on any atom is -0.497 e. The molecule has 186 valence electrons. The molecule has 6 nitrogen and oxygen atoms in total. The number of thiophene rings is 1. The predicted octanol–water partition coefficient (Wildman–Crippen LogP) is 5.53. The number of rotatable bonds is 8. The van der Waals surface area contributed by atoms with Gasteiger partial charge in [0.1, 0.15) is 12.4 Å². The van der Waals surface area contributed by atoms with Gasteiger partial charge in [-0.05, 0) is 85.9 Å². The molecule has 0 radical (unpaired) electrons. The second-order valence-electron chi connectivity index (χ2n) is 8.63. The van der Waals surface area contributed by atoms with Gasteiger partial charge >= 0.3 is 0 Å². The number of nitrogens with zero attached hydrogens (tertiary/aromatic N) is 2. The van der Waals surface area contributed by atoms with Gasteiger partial charge in [-0.15, -0.1) is 23.7 Å². The van der Waals surface area contributed by atoms with Crippen LogP contribution in [-0.2, 0) is 6.42 Å². The van der Waals surface area contributed by atoms with Crippen LogP contribution in [0.5, 0.6) is 17.2 Å². The molecule has 5 rings (SSSR count). The molecule has 3 heterocycles. The first kappa shape index (κ1) is 25.4. The van der Waals surface area contributed by atoms with Crippen LogP contribution in [0.15, 0.2) is 48.5 Å². The Bertz CT molecular complexity index is 1160. The topological polar surface area (TPSA) is 51.2 Å². The Morgan fingerprint density at radius 3 is 2.40 bits per heavy atom. The molecule has 2 aliphatic rings. The van der Waals surface area contributed by atoms with Crippen LogP contribution in [-0.4, -0.2) is 57.8 Å². The van der Waals surface area contributed by atoms with Crippen molar-refractivity contribution in [1.82, 2.24) is 4.90 Å². The summed E-state index contributed by atoms with van der Waals surface area (Å²) in [5.41, 5.74) is 3.04. The standard InChI is InChI=1S/C27H30N2O4S.ClH/c1-31-22-8-5-19(6-9-22)25-17-20-11-14-29(27(30)26(20)34-25)21-7-10-23(24(18-21)32-2)33-16-15-28-12-3-4-13-28;/h5-10,17-18H,3-4,11-16H2,1-2H3;1H. The van der Waals surface area contributed by atoms with Gasteiger partial charge in [-0.1, -0.05) is 0 Å². The van der Waals surface area contributed by atoms with Crippen molar-refractivity contribution in [2.45, 2.75) is 19.3 Å². The highest BCUT2D eigenvalue weighted by Crippen LogP contribution is 2.38. The van der Waals surface area contributed by atoms with E-state index in [1.54, 1.807) is 25.6 Å². The predicted molar refractivity (Wildman–Crippen MR) is 143 cm³/mol. The molecule has 1 fully saturated rings. The maximum Gasteiger partial charge on any atom is 0.268 e. The first-order valence-electron chi connectivity index (χ1n) is 11.8. The molecule has 1 amide bonds. The zero-order valence-electron chi connectivity index (χ0n) is 20.1. The van der Waals surface area contributed by atoms with E-state index in [1.165, 1.54) is 12.8 Å². The van der Waals surface area contributed by atoms with Crippen molar-refractivity contribution in [2.24, 2.45) is 0 Å². The van der Waals surface area contributed by atoms with E-state index in [1.807, 2.05) is 47.4 Å². The second kappa shape index (κ2) is 11.3. The summed E-state index contributed by atoms with van der Waals surface area (Å²) in [5.74, 6) is 2.23. The smallest absolute Gasteiger partial charge is 0.268 e. The van der Waals surface area contributed by atoms with Gasteiger partial charge in [0.05, 0.1) is 19.1 Å². The number of carbonyl (C=O) groups is 1. The highest BCUT2D eigenvalue weighted by atomic mass is 35.5. The minimum absolute atomic E-state index is 0. The summed E-state index contributed by atoms with van der Waals surface area (Å²) in [6.07, 6.45) is 3.37. The molecule has 1 aromatic heterocycles. The van der Waals surface area contributed by atoms with Gasteiger partial charge in [-0.3, -0.25) is 9.69 Å². The Kier molecular flexibility index (Phi) is 8.21. The van der Waals surface area contributed by atoms with Crippen LogP contribution >= 0.6 is 23.7 Å². The van der Waals surface area contributed by atoms with Gasteiger partial charge in [-0.25, -0.2) is 0 Å².